The van der Waals surface area contributed by atoms with E-state index in [1.54, 1.807) is 11.8 Å². The van der Waals surface area contributed by atoms with Gasteiger partial charge in [-0.1, -0.05) is 46.7 Å². The molecule has 0 radical (unpaired) electrons. The van der Waals surface area contributed by atoms with E-state index in [2.05, 4.69) is 45.0 Å². The molecule has 1 heterocycles. The average molecular weight is 366 g/mol. The standard InChI is InChI=1S/C16H20BrN3S/c1-4-14(18)15(12-5-7-13(17)8-6-12)21-16-19-10(2)9-11(3)20-16/h5-9,14-15H,4,18H2,1-3H3. The second-order valence-corrected chi connectivity index (χ2v) is 7.12. The monoisotopic (exact) mass is 365 g/mol. The molecule has 0 aliphatic rings. The predicted octanol–water partition coefficient (Wildman–Crippen LogP) is 4.43. The maximum absolute atomic E-state index is 6.32. The summed E-state index contributed by atoms with van der Waals surface area (Å²) in [6.07, 6.45) is 0.915. The Hall–Kier alpha value is -0.910. The Morgan fingerprint density at radius 1 is 1.14 bits per heavy atom. The fourth-order valence-corrected chi connectivity index (χ4v) is 3.67. The number of nitrogens with zero attached hydrogens (tertiary/aromatic N) is 2. The first-order valence-electron chi connectivity index (χ1n) is 6.99. The van der Waals surface area contributed by atoms with Crippen molar-refractivity contribution in [3.05, 3.63) is 51.8 Å². The molecule has 2 atom stereocenters. The van der Waals surface area contributed by atoms with E-state index in [0.29, 0.717) is 0 Å². The molecule has 2 aromatic rings. The lowest BCUT2D eigenvalue weighted by Gasteiger charge is -2.22. The van der Waals surface area contributed by atoms with Gasteiger partial charge >= 0.3 is 0 Å². The molecule has 0 fully saturated rings. The number of rotatable bonds is 5. The lowest BCUT2D eigenvalue weighted by Crippen LogP contribution is -2.25. The molecule has 3 nitrogen and oxygen atoms in total. The van der Waals surface area contributed by atoms with Crippen LogP contribution in [-0.2, 0) is 0 Å². The van der Waals surface area contributed by atoms with Crippen LogP contribution < -0.4 is 5.73 Å². The molecular formula is C16H20BrN3S. The van der Waals surface area contributed by atoms with E-state index in [1.807, 2.05) is 32.0 Å². The summed E-state index contributed by atoms with van der Waals surface area (Å²) in [4.78, 5) is 9.04. The van der Waals surface area contributed by atoms with Crippen LogP contribution >= 0.6 is 27.7 Å². The van der Waals surface area contributed by atoms with Crippen LogP contribution in [0.1, 0.15) is 35.5 Å². The van der Waals surface area contributed by atoms with Gasteiger partial charge in [-0.05, 0) is 44.0 Å². The van der Waals surface area contributed by atoms with Gasteiger partial charge in [-0.25, -0.2) is 9.97 Å². The van der Waals surface area contributed by atoms with Crippen LogP contribution in [0.4, 0.5) is 0 Å². The fraction of sp³-hybridized carbons (Fsp3) is 0.375. The lowest BCUT2D eigenvalue weighted by atomic mass is 10.0. The number of aryl methyl sites for hydroxylation is 2. The van der Waals surface area contributed by atoms with Crippen LogP contribution in [0.2, 0.25) is 0 Å². The van der Waals surface area contributed by atoms with Gasteiger partial charge in [0.1, 0.15) is 0 Å². The summed E-state index contributed by atoms with van der Waals surface area (Å²) in [7, 11) is 0. The second-order valence-electron chi connectivity index (χ2n) is 5.10. The number of halogens is 1. The highest BCUT2D eigenvalue weighted by Gasteiger charge is 2.21. The minimum absolute atomic E-state index is 0.0700. The molecule has 0 saturated carbocycles. The van der Waals surface area contributed by atoms with Crippen molar-refractivity contribution in [2.24, 2.45) is 5.73 Å². The van der Waals surface area contributed by atoms with Crippen LogP contribution in [-0.4, -0.2) is 16.0 Å². The van der Waals surface area contributed by atoms with Crippen molar-refractivity contribution in [2.75, 3.05) is 0 Å². The summed E-state index contributed by atoms with van der Waals surface area (Å²) in [6.45, 7) is 6.10. The van der Waals surface area contributed by atoms with Gasteiger partial charge in [-0.3, -0.25) is 0 Å². The normalized spacial score (nSPS) is 14.0. The second kappa shape index (κ2) is 7.38. The van der Waals surface area contributed by atoms with E-state index in [0.717, 1.165) is 27.4 Å². The molecule has 2 N–H and O–H groups in total. The van der Waals surface area contributed by atoms with E-state index in [9.17, 15) is 0 Å². The molecule has 0 aliphatic carbocycles. The van der Waals surface area contributed by atoms with Gasteiger partial charge in [0.05, 0.1) is 5.25 Å². The molecule has 1 aromatic heterocycles. The number of thioether (sulfide) groups is 1. The van der Waals surface area contributed by atoms with Gasteiger partial charge in [0.15, 0.2) is 5.16 Å². The van der Waals surface area contributed by atoms with Crippen LogP contribution in [0.25, 0.3) is 0 Å². The summed E-state index contributed by atoms with van der Waals surface area (Å²) in [5, 5.41) is 0.952. The van der Waals surface area contributed by atoms with E-state index in [1.165, 1.54) is 5.56 Å². The van der Waals surface area contributed by atoms with Gasteiger partial charge in [0, 0.05) is 21.9 Å². The first kappa shape index (κ1) is 16.5. The molecule has 0 bridgehead atoms. The Bertz CT molecular complexity index is 581. The van der Waals surface area contributed by atoms with Crippen molar-refractivity contribution >= 4 is 27.7 Å². The average Bonchev–Trinajstić information content (AvgIpc) is 2.44. The highest BCUT2D eigenvalue weighted by Crippen LogP contribution is 2.37. The Kier molecular flexibility index (Phi) is 5.79. The number of aromatic nitrogens is 2. The van der Waals surface area contributed by atoms with Crippen molar-refractivity contribution < 1.29 is 0 Å². The third-order valence-corrected chi connectivity index (χ3v) is 5.05. The van der Waals surface area contributed by atoms with Crippen LogP contribution in [0.3, 0.4) is 0 Å². The van der Waals surface area contributed by atoms with Gasteiger partial charge in [-0.15, -0.1) is 0 Å². The molecule has 0 amide bonds. The Labute approximate surface area is 138 Å². The zero-order valence-electron chi connectivity index (χ0n) is 12.5. The molecular weight excluding hydrogens is 346 g/mol. The minimum Gasteiger partial charge on any atom is -0.326 e. The number of hydrogen-bond donors (Lipinski definition) is 1. The topological polar surface area (TPSA) is 51.8 Å². The molecule has 5 heteroatoms. The highest BCUT2D eigenvalue weighted by molar-refractivity contribution is 9.10. The van der Waals surface area contributed by atoms with Crippen molar-refractivity contribution in [3.63, 3.8) is 0 Å². The number of nitrogens with two attached hydrogens (primary N) is 1. The Balaban J connectivity index is 2.30. The van der Waals surface area contributed by atoms with Gasteiger partial charge in [-0.2, -0.15) is 0 Å². The van der Waals surface area contributed by atoms with E-state index >= 15 is 0 Å². The largest absolute Gasteiger partial charge is 0.326 e. The van der Waals surface area contributed by atoms with Crippen molar-refractivity contribution in [1.29, 1.82) is 0 Å². The SMILES string of the molecule is CCC(N)C(Sc1nc(C)cc(C)n1)c1ccc(Br)cc1. The highest BCUT2D eigenvalue weighted by atomic mass is 79.9. The number of benzene rings is 1. The quantitative estimate of drug-likeness (QED) is 0.628. The Morgan fingerprint density at radius 2 is 1.71 bits per heavy atom. The minimum atomic E-state index is 0.0700. The molecule has 1 aromatic carbocycles. The number of hydrogen-bond acceptors (Lipinski definition) is 4. The third kappa shape index (κ3) is 4.53. The van der Waals surface area contributed by atoms with Crippen molar-refractivity contribution in [1.82, 2.24) is 9.97 Å². The maximum Gasteiger partial charge on any atom is 0.188 e. The lowest BCUT2D eigenvalue weighted by molar-refractivity contribution is 0.632. The molecule has 0 saturated heterocycles. The zero-order chi connectivity index (χ0) is 15.4. The third-order valence-electron chi connectivity index (χ3n) is 3.25. The van der Waals surface area contributed by atoms with E-state index in [4.69, 9.17) is 5.73 Å². The summed E-state index contributed by atoms with van der Waals surface area (Å²) < 4.78 is 1.07. The van der Waals surface area contributed by atoms with Crippen LogP contribution in [0, 0.1) is 13.8 Å². The first-order chi connectivity index (χ1) is 9.99. The molecule has 2 unspecified atom stereocenters. The summed E-state index contributed by atoms with van der Waals surface area (Å²) in [6, 6.07) is 10.4. The molecule has 112 valence electrons. The van der Waals surface area contributed by atoms with Crippen LogP contribution in [0.5, 0.6) is 0 Å². The molecule has 0 spiro atoms. The first-order valence-corrected chi connectivity index (χ1v) is 8.67. The smallest absolute Gasteiger partial charge is 0.188 e. The van der Waals surface area contributed by atoms with E-state index in [-0.39, 0.29) is 11.3 Å². The predicted molar refractivity (Wildman–Crippen MR) is 92.5 cm³/mol. The summed E-state index contributed by atoms with van der Waals surface area (Å²) >= 11 is 5.12. The fourth-order valence-electron chi connectivity index (χ4n) is 2.13. The summed E-state index contributed by atoms with van der Waals surface area (Å²) in [5.41, 5.74) is 9.51. The van der Waals surface area contributed by atoms with Gasteiger partial charge in [0.2, 0.25) is 0 Å². The van der Waals surface area contributed by atoms with Crippen LogP contribution in [0.15, 0.2) is 40.0 Å². The summed E-state index contributed by atoms with van der Waals surface area (Å²) in [5.74, 6) is 0. The van der Waals surface area contributed by atoms with Gasteiger partial charge < -0.3 is 5.73 Å². The maximum atomic E-state index is 6.32. The van der Waals surface area contributed by atoms with Gasteiger partial charge in [0.25, 0.3) is 0 Å². The Morgan fingerprint density at radius 3 is 2.24 bits per heavy atom. The molecule has 21 heavy (non-hydrogen) atoms. The van der Waals surface area contributed by atoms with Crippen molar-refractivity contribution in [3.8, 4) is 0 Å². The molecule has 0 aliphatic heterocycles. The van der Waals surface area contributed by atoms with Crippen molar-refractivity contribution in [2.45, 2.75) is 43.6 Å². The molecule has 2 rings (SSSR count). The van der Waals surface area contributed by atoms with E-state index < -0.39 is 0 Å². The zero-order valence-corrected chi connectivity index (χ0v) is 14.9.